The molecule has 0 saturated carbocycles. The summed E-state index contributed by atoms with van der Waals surface area (Å²) in [6, 6.07) is 9.02. The molecule has 0 bridgehead atoms. The second kappa shape index (κ2) is 7.43. The zero-order valence-electron chi connectivity index (χ0n) is 15.0. The van der Waals surface area contributed by atoms with E-state index in [0.29, 0.717) is 29.5 Å². The Morgan fingerprint density at radius 2 is 2.04 bits per heavy atom. The molecule has 1 N–H and O–H groups in total. The Balaban J connectivity index is 1.72. The van der Waals surface area contributed by atoms with Crippen molar-refractivity contribution in [2.75, 3.05) is 31.0 Å². The fourth-order valence-electron chi connectivity index (χ4n) is 2.95. The minimum atomic E-state index is -0.435. The first kappa shape index (κ1) is 17.7. The SMILES string of the molecule is COc1ccc(NC(=O)C2CC(=O)N(c3cc(C)ccc3OC)C2)cn1. The van der Waals surface area contributed by atoms with Gasteiger partial charge in [-0.25, -0.2) is 4.98 Å². The summed E-state index contributed by atoms with van der Waals surface area (Å²) in [5.41, 5.74) is 2.28. The van der Waals surface area contributed by atoms with Gasteiger partial charge < -0.3 is 19.7 Å². The van der Waals surface area contributed by atoms with Crippen molar-refractivity contribution in [1.82, 2.24) is 4.98 Å². The Kier molecular flexibility index (Phi) is 5.06. The van der Waals surface area contributed by atoms with Crippen molar-refractivity contribution in [1.29, 1.82) is 0 Å². The third-order valence-corrected chi connectivity index (χ3v) is 4.33. The van der Waals surface area contributed by atoms with Crippen LogP contribution in [0, 0.1) is 12.8 Å². The van der Waals surface area contributed by atoms with Gasteiger partial charge in [0.2, 0.25) is 17.7 Å². The number of benzene rings is 1. The van der Waals surface area contributed by atoms with Gasteiger partial charge >= 0.3 is 0 Å². The van der Waals surface area contributed by atoms with Crippen LogP contribution in [-0.4, -0.2) is 37.6 Å². The maximum Gasteiger partial charge on any atom is 0.229 e. The molecule has 7 nitrogen and oxygen atoms in total. The minimum Gasteiger partial charge on any atom is -0.495 e. The number of carbonyl (C=O) groups excluding carboxylic acids is 2. The Hall–Kier alpha value is -3.09. The van der Waals surface area contributed by atoms with Gasteiger partial charge in [0.25, 0.3) is 0 Å². The molecule has 7 heteroatoms. The Morgan fingerprint density at radius 1 is 1.23 bits per heavy atom. The lowest BCUT2D eigenvalue weighted by Gasteiger charge is -2.20. The number of rotatable bonds is 5. The average Bonchev–Trinajstić information content (AvgIpc) is 3.04. The summed E-state index contributed by atoms with van der Waals surface area (Å²) in [5, 5.41) is 2.80. The summed E-state index contributed by atoms with van der Waals surface area (Å²) in [6.07, 6.45) is 1.68. The van der Waals surface area contributed by atoms with E-state index in [0.717, 1.165) is 5.56 Å². The lowest BCUT2D eigenvalue weighted by atomic mass is 10.1. The number of pyridine rings is 1. The van der Waals surface area contributed by atoms with Crippen LogP contribution < -0.4 is 19.7 Å². The molecule has 2 aromatic rings. The second-order valence-electron chi connectivity index (χ2n) is 6.16. The van der Waals surface area contributed by atoms with Crippen molar-refractivity contribution in [3.8, 4) is 11.6 Å². The number of ether oxygens (including phenoxy) is 2. The number of aryl methyl sites for hydroxylation is 1. The Labute approximate surface area is 151 Å². The van der Waals surface area contributed by atoms with Crippen LogP contribution in [0.4, 0.5) is 11.4 Å². The van der Waals surface area contributed by atoms with Crippen LogP contribution in [0.5, 0.6) is 11.6 Å². The van der Waals surface area contributed by atoms with Crippen LogP contribution in [0.15, 0.2) is 36.5 Å². The predicted octanol–water partition coefficient (Wildman–Crippen LogP) is 2.40. The van der Waals surface area contributed by atoms with Crippen LogP contribution in [0.2, 0.25) is 0 Å². The molecule has 3 rings (SSSR count). The van der Waals surface area contributed by atoms with Gasteiger partial charge in [0.05, 0.1) is 37.7 Å². The van der Waals surface area contributed by atoms with Gasteiger partial charge in [0.1, 0.15) is 5.75 Å². The number of methoxy groups -OCH3 is 2. The monoisotopic (exact) mass is 355 g/mol. The zero-order valence-corrected chi connectivity index (χ0v) is 15.0. The molecular formula is C19H21N3O4. The van der Waals surface area contributed by atoms with E-state index in [1.54, 1.807) is 24.1 Å². The predicted molar refractivity (Wildman–Crippen MR) is 97.6 cm³/mol. The summed E-state index contributed by atoms with van der Waals surface area (Å²) in [7, 11) is 3.09. The molecule has 0 radical (unpaired) electrons. The molecule has 1 fully saturated rings. The highest BCUT2D eigenvalue weighted by atomic mass is 16.5. The number of carbonyl (C=O) groups is 2. The molecule has 1 aromatic carbocycles. The molecule has 1 aliphatic heterocycles. The van der Waals surface area contributed by atoms with E-state index < -0.39 is 5.92 Å². The van der Waals surface area contributed by atoms with Gasteiger partial charge in [-0.15, -0.1) is 0 Å². The van der Waals surface area contributed by atoms with Crippen LogP contribution in [0.1, 0.15) is 12.0 Å². The molecule has 1 unspecified atom stereocenters. The number of anilines is 2. The molecule has 0 spiro atoms. The first-order valence-corrected chi connectivity index (χ1v) is 8.27. The van der Waals surface area contributed by atoms with Crippen LogP contribution in [0.3, 0.4) is 0 Å². The van der Waals surface area contributed by atoms with E-state index in [4.69, 9.17) is 9.47 Å². The highest BCUT2D eigenvalue weighted by Crippen LogP contribution is 2.34. The molecule has 1 aliphatic rings. The minimum absolute atomic E-state index is 0.0955. The normalized spacial score (nSPS) is 16.5. The Bertz CT molecular complexity index is 820. The molecule has 2 heterocycles. The van der Waals surface area contributed by atoms with Crippen LogP contribution >= 0.6 is 0 Å². The summed E-state index contributed by atoms with van der Waals surface area (Å²) in [6.45, 7) is 2.26. The van der Waals surface area contributed by atoms with Crippen molar-refractivity contribution in [2.24, 2.45) is 5.92 Å². The standard InChI is InChI=1S/C19H21N3O4/c1-12-4-6-16(25-2)15(8-12)22-11-13(9-18(22)23)19(24)21-14-5-7-17(26-3)20-10-14/h4-8,10,13H,9,11H2,1-3H3,(H,21,24). The maximum atomic E-state index is 12.5. The lowest BCUT2D eigenvalue weighted by molar-refractivity contribution is -0.122. The molecule has 0 aliphatic carbocycles. The van der Waals surface area contributed by atoms with E-state index >= 15 is 0 Å². The largest absolute Gasteiger partial charge is 0.495 e. The summed E-state index contributed by atoms with van der Waals surface area (Å²) in [5.74, 6) is 0.345. The van der Waals surface area contributed by atoms with Gasteiger partial charge in [0.15, 0.2) is 0 Å². The van der Waals surface area contributed by atoms with Crippen molar-refractivity contribution in [3.05, 3.63) is 42.1 Å². The molecule has 1 atom stereocenters. The second-order valence-corrected chi connectivity index (χ2v) is 6.16. The van der Waals surface area contributed by atoms with Gasteiger partial charge in [0, 0.05) is 19.0 Å². The van der Waals surface area contributed by atoms with Gasteiger partial charge in [-0.2, -0.15) is 0 Å². The zero-order chi connectivity index (χ0) is 18.7. The van der Waals surface area contributed by atoms with Crippen molar-refractivity contribution >= 4 is 23.2 Å². The first-order chi connectivity index (χ1) is 12.5. The highest BCUT2D eigenvalue weighted by Gasteiger charge is 2.36. The molecule has 2 amide bonds. The van der Waals surface area contributed by atoms with Crippen LogP contribution in [-0.2, 0) is 9.59 Å². The molecule has 1 aromatic heterocycles. The quantitative estimate of drug-likeness (QED) is 0.891. The molecular weight excluding hydrogens is 334 g/mol. The summed E-state index contributed by atoms with van der Waals surface area (Å²) >= 11 is 0. The van der Waals surface area contributed by atoms with E-state index in [1.807, 2.05) is 25.1 Å². The number of nitrogens with one attached hydrogen (secondary N) is 1. The maximum absolute atomic E-state index is 12.5. The van der Waals surface area contributed by atoms with Gasteiger partial charge in [-0.05, 0) is 30.7 Å². The van der Waals surface area contributed by atoms with E-state index in [1.165, 1.54) is 13.3 Å². The van der Waals surface area contributed by atoms with Crippen molar-refractivity contribution in [2.45, 2.75) is 13.3 Å². The molecule has 26 heavy (non-hydrogen) atoms. The fraction of sp³-hybridized carbons (Fsp3) is 0.316. The van der Waals surface area contributed by atoms with Crippen molar-refractivity contribution in [3.63, 3.8) is 0 Å². The third kappa shape index (κ3) is 3.61. The topological polar surface area (TPSA) is 80.8 Å². The summed E-state index contributed by atoms with van der Waals surface area (Å²) < 4.78 is 10.4. The number of aromatic nitrogens is 1. The van der Waals surface area contributed by atoms with E-state index in [9.17, 15) is 9.59 Å². The number of hydrogen-bond donors (Lipinski definition) is 1. The lowest BCUT2D eigenvalue weighted by Crippen LogP contribution is -2.28. The molecule has 136 valence electrons. The third-order valence-electron chi connectivity index (χ3n) is 4.33. The van der Waals surface area contributed by atoms with Gasteiger partial charge in [-0.1, -0.05) is 6.07 Å². The fourth-order valence-corrected chi connectivity index (χ4v) is 2.95. The molecule has 1 saturated heterocycles. The van der Waals surface area contributed by atoms with Crippen molar-refractivity contribution < 1.29 is 19.1 Å². The number of nitrogens with zero attached hydrogens (tertiary/aromatic N) is 2. The van der Waals surface area contributed by atoms with Crippen LogP contribution in [0.25, 0.3) is 0 Å². The average molecular weight is 355 g/mol. The van der Waals surface area contributed by atoms with Gasteiger partial charge in [-0.3, -0.25) is 9.59 Å². The first-order valence-electron chi connectivity index (χ1n) is 8.27. The Morgan fingerprint density at radius 3 is 2.69 bits per heavy atom. The number of amides is 2. The highest BCUT2D eigenvalue weighted by molar-refractivity contribution is 6.04. The number of hydrogen-bond acceptors (Lipinski definition) is 5. The smallest absolute Gasteiger partial charge is 0.229 e. The van der Waals surface area contributed by atoms with E-state index in [-0.39, 0.29) is 18.2 Å². The summed E-state index contributed by atoms with van der Waals surface area (Å²) in [4.78, 5) is 30.7. The van der Waals surface area contributed by atoms with E-state index in [2.05, 4.69) is 10.3 Å².